The highest BCUT2D eigenvalue weighted by atomic mass is 16.5. The Balaban J connectivity index is 1.61. The number of carbonyl (C=O) groups excluding carboxylic acids is 2. The Morgan fingerprint density at radius 1 is 1.37 bits per heavy atom. The third kappa shape index (κ3) is 4.76. The van der Waals surface area contributed by atoms with E-state index in [4.69, 9.17) is 20.9 Å². The Morgan fingerprint density at radius 2 is 2.11 bits per heavy atom. The van der Waals surface area contributed by atoms with E-state index in [0.29, 0.717) is 36.8 Å². The predicted octanol–water partition coefficient (Wildman–Crippen LogP) is 0.225. The van der Waals surface area contributed by atoms with E-state index in [1.165, 1.54) is 4.68 Å². The number of benzene rings is 1. The van der Waals surface area contributed by atoms with E-state index >= 15 is 0 Å². The summed E-state index contributed by atoms with van der Waals surface area (Å²) in [5, 5.41) is 7.11. The summed E-state index contributed by atoms with van der Waals surface area (Å²) < 4.78 is 12.9. The number of hydrogen-bond acceptors (Lipinski definition) is 6. The third-order valence-corrected chi connectivity index (χ3v) is 4.29. The van der Waals surface area contributed by atoms with Crippen LogP contribution in [0.1, 0.15) is 22.5 Å². The molecule has 27 heavy (non-hydrogen) atoms. The SMILES string of the molecule is Cc1cc(N)n(CC(=O)N[C@H]2COCC[C@@H]2Oc2ccc(C(N)=O)cc2)n1. The molecule has 1 aromatic heterocycles. The molecule has 1 fully saturated rings. The first-order valence-electron chi connectivity index (χ1n) is 8.66. The van der Waals surface area contributed by atoms with Gasteiger partial charge in [-0.3, -0.25) is 9.59 Å². The highest BCUT2D eigenvalue weighted by Crippen LogP contribution is 2.19. The Hall–Kier alpha value is -3.07. The average Bonchev–Trinajstić information content (AvgIpc) is 2.94. The summed E-state index contributed by atoms with van der Waals surface area (Å²) >= 11 is 0. The molecule has 1 saturated heterocycles. The molecule has 9 nitrogen and oxygen atoms in total. The van der Waals surface area contributed by atoms with Gasteiger partial charge < -0.3 is 26.3 Å². The lowest BCUT2D eigenvalue weighted by molar-refractivity contribution is -0.125. The van der Waals surface area contributed by atoms with Crippen molar-refractivity contribution in [1.82, 2.24) is 15.1 Å². The second kappa shape index (κ2) is 8.09. The number of anilines is 1. The van der Waals surface area contributed by atoms with E-state index in [0.717, 1.165) is 5.69 Å². The first-order chi connectivity index (χ1) is 12.9. The van der Waals surface area contributed by atoms with Crippen LogP contribution in [0.5, 0.6) is 5.75 Å². The van der Waals surface area contributed by atoms with Crippen LogP contribution in [0.15, 0.2) is 30.3 Å². The van der Waals surface area contributed by atoms with Gasteiger partial charge in [0.15, 0.2) is 0 Å². The van der Waals surface area contributed by atoms with E-state index in [1.807, 2.05) is 6.92 Å². The van der Waals surface area contributed by atoms with Gasteiger partial charge in [-0.1, -0.05) is 0 Å². The summed E-state index contributed by atoms with van der Waals surface area (Å²) in [5.74, 6) is 0.312. The predicted molar refractivity (Wildman–Crippen MR) is 98.1 cm³/mol. The minimum Gasteiger partial charge on any atom is -0.488 e. The molecular formula is C18H23N5O4. The number of aryl methyl sites for hydroxylation is 1. The Labute approximate surface area is 156 Å². The normalized spacial score (nSPS) is 19.4. The molecule has 0 unspecified atom stereocenters. The summed E-state index contributed by atoms with van der Waals surface area (Å²) in [6.07, 6.45) is 0.379. The van der Waals surface area contributed by atoms with Gasteiger partial charge in [-0.2, -0.15) is 5.10 Å². The van der Waals surface area contributed by atoms with Crippen molar-refractivity contribution in [2.45, 2.75) is 32.0 Å². The van der Waals surface area contributed by atoms with Crippen LogP contribution in [-0.2, 0) is 16.1 Å². The van der Waals surface area contributed by atoms with Gasteiger partial charge in [0.2, 0.25) is 11.8 Å². The van der Waals surface area contributed by atoms with Gasteiger partial charge in [0.05, 0.1) is 24.9 Å². The third-order valence-electron chi connectivity index (χ3n) is 4.29. The number of nitrogens with one attached hydrogen (secondary N) is 1. The van der Waals surface area contributed by atoms with Gasteiger partial charge in [0.1, 0.15) is 24.2 Å². The van der Waals surface area contributed by atoms with Crippen LogP contribution >= 0.6 is 0 Å². The zero-order valence-corrected chi connectivity index (χ0v) is 15.1. The Bertz CT molecular complexity index is 818. The summed E-state index contributed by atoms with van der Waals surface area (Å²) in [5.41, 5.74) is 12.2. The Morgan fingerprint density at radius 3 is 2.74 bits per heavy atom. The minimum atomic E-state index is -0.495. The van der Waals surface area contributed by atoms with E-state index in [-0.39, 0.29) is 24.6 Å². The van der Waals surface area contributed by atoms with Gasteiger partial charge in [0.25, 0.3) is 0 Å². The van der Waals surface area contributed by atoms with Gasteiger partial charge in [0, 0.05) is 18.1 Å². The molecule has 1 aliphatic rings. The number of rotatable bonds is 6. The number of hydrogen-bond donors (Lipinski definition) is 3. The van der Waals surface area contributed by atoms with E-state index < -0.39 is 5.91 Å². The van der Waals surface area contributed by atoms with Crippen LogP contribution in [-0.4, -0.2) is 47.0 Å². The summed E-state index contributed by atoms with van der Waals surface area (Å²) in [6.45, 7) is 2.73. The molecule has 3 rings (SSSR count). The molecular weight excluding hydrogens is 350 g/mol. The molecule has 1 aromatic carbocycles. The first-order valence-corrected chi connectivity index (χ1v) is 8.66. The fourth-order valence-corrected chi connectivity index (χ4v) is 2.95. The molecule has 2 atom stereocenters. The zero-order valence-electron chi connectivity index (χ0n) is 15.1. The molecule has 0 bridgehead atoms. The maximum absolute atomic E-state index is 12.4. The van der Waals surface area contributed by atoms with Gasteiger partial charge in [-0.25, -0.2) is 4.68 Å². The van der Waals surface area contributed by atoms with Crippen molar-refractivity contribution in [1.29, 1.82) is 0 Å². The molecule has 2 heterocycles. The maximum atomic E-state index is 12.4. The molecule has 5 N–H and O–H groups in total. The number of nitrogens with two attached hydrogens (primary N) is 2. The van der Waals surface area contributed by atoms with Crippen molar-refractivity contribution in [2.24, 2.45) is 5.73 Å². The Kier molecular flexibility index (Phi) is 5.60. The first kappa shape index (κ1) is 18.7. The van der Waals surface area contributed by atoms with Crippen molar-refractivity contribution in [3.8, 4) is 5.75 Å². The summed E-state index contributed by atoms with van der Waals surface area (Å²) in [6, 6.07) is 7.97. The lowest BCUT2D eigenvalue weighted by Crippen LogP contribution is -2.52. The number of nitrogen functional groups attached to an aromatic ring is 1. The van der Waals surface area contributed by atoms with Crippen LogP contribution in [0.3, 0.4) is 0 Å². The van der Waals surface area contributed by atoms with Crippen LogP contribution < -0.4 is 21.5 Å². The number of ether oxygens (including phenoxy) is 2. The smallest absolute Gasteiger partial charge is 0.248 e. The number of carbonyl (C=O) groups is 2. The number of nitrogens with zero attached hydrogens (tertiary/aromatic N) is 2. The van der Waals surface area contributed by atoms with E-state index in [1.54, 1.807) is 30.3 Å². The van der Waals surface area contributed by atoms with Crippen LogP contribution in [0, 0.1) is 6.92 Å². The molecule has 1 aliphatic heterocycles. The zero-order chi connectivity index (χ0) is 19.4. The fourth-order valence-electron chi connectivity index (χ4n) is 2.95. The average molecular weight is 373 g/mol. The van der Waals surface area contributed by atoms with Crippen molar-refractivity contribution < 1.29 is 19.1 Å². The van der Waals surface area contributed by atoms with Gasteiger partial charge in [-0.05, 0) is 31.2 Å². The van der Waals surface area contributed by atoms with Crippen molar-refractivity contribution in [2.75, 3.05) is 18.9 Å². The van der Waals surface area contributed by atoms with Gasteiger partial charge in [-0.15, -0.1) is 0 Å². The molecule has 0 aliphatic carbocycles. The van der Waals surface area contributed by atoms with Gasteiger partial charge >= 0.3 is 0 Å². The monoisotopic (exact) mass is 373 g/mol. The molecule has 0 radical (unpaired) electrons. The molecule has 9 heteroatoms. The molecule has 2 aromatic rings. The lowest BCUT2D eigenvalue weighted by atomic mass is 10.1. The largest absolute Gasteiger partial charge is 0.488 e. The summed E-state index contributed by atoms with van der Waals surface area (Å²) in [4.78, 5) is 23.5. The van der Waals surface area contributed by atoms with E-state index in [9.17, 15) is 9.59 Å². The quantitative estimate of drug-likeness (QED) is 0.663. The molecule has 0 spiro atoms. The lowest BCUT2D eigenvalue weighted by Gasteiger charge is -2.32. The molecule has 0 saturated carbocycles. The topological polar surface area (TPSA) is 134 Å². The van der Waals surface area contributed by atoms with Crippen LogP contribution in [0.25, 0.3) is 0 Å². The van der Waals surface area contributed by atoms with E-state index in [2.05, 4.69) is 10.4 Å². The number of amides is 2. The van der Waals surface area contributed by atoms with Crippen molar-refractivity contribution in [3.63, 3.8) is 0 Å². The standard InChI is InChI=1S/C18H23N5O4/c1-11-8-16(19)23(22-11)9-17(24)21-14-10-26-7-6-15(14)27-13-4-2-12(3-5-13)18(20)25/h2-5,8,14-15H,6-7,9-10,19H2,1H3,(H2,20,25)(H,21,24)/t14-,15-/m0/s1. The van der Waals surface area contributed by atoms with Crippen molar-refractivity contribution >= 4 is 17.6 Å². The minimum absolute atomic E-state index is 0.0240. The highest BCUT2D eigenvalue weighted by molar-refractivity contribution is 5.92. The number of aromatic nitrogens is 2. The fraction of sp³-hybridized carbons (Fsp3) is 0.389. The van der Waals surface area contributed by atoms with Crippen molar-refractivity contribution in [3.05, 3.63) is 41.6 Å². The second-order valence-corrected chi connectivity index (χ2v) is 6.45. The maximum Gasteiger partial charge on any atom is 0.248 e. The summed E-state index contributed by atoms with van der Waals surface area (Å²) in [7, 11) is 0. The molecule has 2 amide bonds. The molecule has 144 valence electrons. The second-order valence-electron chi connectivity index (χ2n) is 6.45. The highest BCUT2D eigenvalue weighted by Gasteiger charge is 2.29. The number of primary amides is 1. The van der Waals surface area contributed by atoms with Crippen LogP contribution in [0.2, 0.25) is 0 Å². The van der Waals surface area contributed by atoms with Crippen LogP contribution in [0.4, 0.5) is 5.82 Å².